The van der Waals surface area contributed by atoms with Gasteiger partial charge in [-0.05, 0) is 36.8 Å². The summed E-state index contributed by atoms with van der Waals surface area (Å²) in [5, 5.41) is 7.53. The molecule has 0 aliphatic carbocycles. The Labute approximate surface area is 148 Å². The van der Waals surface area contributed by atoms with Gasteiger partial charge in [0.2, 0.25) is 0 Å². The van der Waals surface area contributed by atoms with Crippen LogP contribution in [0.25, 0.3) is 16.9 Å². The molecule has 0 fully saturated rings. The Morgan fingerprint density at radius 3 is 2.62 bits per heavy atom. The molecule has 0 aliphatic heterocycles. The second-order valence-electron chi connectivity index (χ2n) is 5.89. The molecule has 0 radical (unpaired) electrons. The number of pyridine rings is 1. The first kappa shape index (κ1) is 16.1. The fourth-order valence-electron chi connectivity index (χ4n) is 2.70. The highest BCUT2D eigenvalue weighted by atomic mass is 19.2. The number of nitrogens with zero attached hydrogens (tertiary/aromatic N) is 4. The van der Waals surface area contributed by atoms with E-state index in [1.165, 1.54) is 6.92 Å². The van der Waals surface area contributed by atoms with Gasteiger partial charge in [-0.1, -0.05) is 12.1 Å². The van der Waals surface area contributed by atoms with E-state index in [-0.39, 0.29) is 17.7 Å². The second-order valence-corrected chi connectivity index (χ2v) is 5.89. The molecule has 0 saturated carbocycles. The molecule has 0 unspecified atom stereocenters. The Kier molecular flexibility index (Phi) is 4.04. The topological polar surface area (TPSA) is 55.1 Å². The first-order valence-corrected chi connectivity index (χ1v) is 8.06. The van der Waals surface area contributed by atoms with Crippen molar-refractivity contribution in [3.8, 4) is 11.3 Å². The van der Waals surface area contributed by atoms with Gasteiger partial charge in [0.05, 0.1) is 11.9 Å². The van der Waals surface area contributed by atoms with Crippen LogP contribution in [0.3, 0.4) is 0 Å². The van der Waals surface area contributed by atoms with Crippen LogP contribution in [-0.2, 0) is 6.54 Å². The summed E-state index contributed by atoms with van der Waals surface area (Å²) in [5.74, 6) is -1.12. The number of aromatic nitrogens is 4. The maximum Gasteiger partial charge on any atom is 0.164 e. The van der Waals surface area contributed by atoms with E-state index >= 15 is 0 Å². The van der Waals surface area contributed by atoms with Gasteiger partial charge in [0, 0.05) is 30.1 Å². The molecule has 4 rings (SSSR count). The Morgan fingerprint density at radius 1 is 1.00 bits per heavy atom. The van der Waals surface area contributed by atoms with Crippen molar-refractivity contribution in [2.45, 2.75) is 13.5 Å². The molecule has 1 N–H and O–H groups in total. The zero-order chi connectivity index (χ0) is 18.1. The lowest BCUT2D eigenvalue weighted by molar-refractivity contribution is 0.495. The van der Waals surface area contributed by atoms with Crippen LogP contribution in [0.15, 0.2) is 55.0 Å². The van der Waals surface area contributed by atoms with E-state index in [1.807, 2.05) is 18.2 Å². The fraction of sp³-hybridized carbons (Fsp3) is 0.105. The summed E-state index contributed by atoms with van der Waals surface area (Å²) in [5.41, 5.74) is 2.97. The molecule has 7 heteroatoms. The maximum absolute atomic E-state index is 14.0. The lowest BCUT2D eigenvalue weighted by atomic mass is 10.1. The van der Waals surface area contributed by atoms with Crippen molar-refractivity contribution >= 4 is 11.5 Å². The Balaban J connectivity index is 1.63. The average molecular weight is 351 g/mol. The van der Waals surface area contributed by atoms with Crippen molar-refractivity contribution in [1.82, 2.24) is 19.6 Å². The van der Waals surface area contributed by atoms with E-state index in [0.29, 0.717) is 11.5 Å². The molecule has 0 bridgehead atoms. The molecule has 0 amide bonds. The zero-order valence-corrected chi connectivity index (χ0v) is 13.9. The van der Waals surface area contributed by atoms with Crippen molar-refractivity contribution in [3.05, 3.63) is 77.8 Å². The van der Waals surface area contributed by atoms with Gasteiger partial charge in [-0.25, -0.2) is 18.3 Å². The van der Waals surface area contributed by atoms with Crippen LogP contribution < -0.4 is 5.32 Å². The van der Waals surface area contributed by atoms with E-state index < -0.39 is 11.6 Å². The third kappa shape index (κ3) is 2.88. The van der Waals surface area contributed by atoms with Gasteiger partial charge < -0.3 is 5.32 Å². The summed E-state index contributed by atoms with van der Waals surface area (Å²) < 4.78 is 29.4. The van der Waals surface area contributed by atoms with E-state index in [9.17, 15) is 8.78 Å². The molecule has 5 nitrogen and oxygen atoms in total. The molecule has 3 heterocycles. The zero-order valence-electron chi connectivity index (χ0n) is 13.9. The quantitative estimate of drug-likeness (QED) is 0.604. The molecule has 0 atom stereocenters. The van der Waals surface area contributed by atoms with E-state index in [1.54, 1.807) is 41.3 Å². The van der Waals surface area contributed by atoms with Gasteiger partial charge in [-0.15, -0.1) is 5.10 Å². The summed E-state index contributed by atoms with van der Waals surface area (Å²) >= 11 is 0. The first-order valence-electron chi connectivity index (χ1n) is 8.06. The highest BCUT2D eigenvalue weighted by Crippen LogP contribution is 2.21. The summed E-state index contributed by atoms with van der Waals surface area (Å²) in [6.45, 7) is 1.66. The molecule has 130 valence electrons. The summed E-state index contributed by atoms with van der Waals surface area (Å²) in [4.78, 5) is 8.34. The summed E-state index contributed by atoms with van der Waals surface area (Å²) in [6.07, 6.45) is 5.13. The number of halogens is 2. The van der Waals surface area contributed by atoms with E-state index in [2.05, 4.69) is 20.4 Å². The van der Waals surface area contributed by atoms with Crippen LogP contribution in [0.4, 0.5) is 14.6 Å². The SMILES string of the molecule is Cc1ccc(CNc2ccc3ncc(-c4ccncc4)n3n2)c(F)c1F. The van der Waals surface area contributed by atoms with Crippen molar-refractivity contribution < 1.29 is 8.78 Å². The molecule has 26 heavy (non-hydrogen) atoms. The van der Waals surface area contributed by atoms with Crippen molar-refractivity contribution in [3.63, 3.8) is 0 Å². The van der Waals surface area contributed by atoms with Crippen molar-refractivity contribution in [2.24, 2.45) is 0 Å². The first-order chi connectivity index (χ1) is 12.6. The van der Waals surface area contributed by atoms with Gasteiger partial charge in [0.25, 0.3) is 0 Å². The van der Waals surface area contributed by atoms with Crippen LogP contribution in [0.5, 0.6) is 0 Å². The molecule has 1 aromatic carbocycles. The molecular formula is C19H15F2N5. The highest BCUT2D eigenvalue weighted by Gasteiger charge is 2.12. The number of hydrogen-bond acceptors (Lipinski definition) is 4. The number of nitrogens with one attached hydrogen (secondary N) is 1. The number of fused-ring (bicyclic) bond motifs is 1. The molecule has 0 saturated heterocycles. The minimum Gasteiger partial charge on any atom is -0.364 e. The standard InChI is InChI=1S/C19H15F2N5/c1-12-2-3-14(19(21)18(12)20)10-23-16-4-5-17-24-11-15(26(17)25-16)13-6-8-22-9-7-13/h2-9,11H,10H2,1H3,(H,23,25). The largest absolute Gasteiger partial charge is 0.364 e. The van der Waals surface area contributed by atoms with Gasteiger partial charge in [-0.3, -0.25) is 4.98 Å². The normalized spacial score (nSPS) is 11.0. The Hall–Kier alpha value is -3.35. The molecule has 4 aromatic rings. The molecule has 0 spiro atoms. The predicted molar refractivity (Wildman–Crippen MR) is 94.6 cm³/mol. The lowest BCUT2D eigenvalue weighted by Crippen LogP contribution is -2.07. The van der Waals surface area contributed by atoms with Crippen LogP contribution in [0, 0.1) is 18.6 Å². The number of hydrogen-bond donors (Lipinski definition) is 1. The van der Waals surface area contributed by atoms with Gasteiger partial charge in [-0.2, -0.15) is 0 Å². The third-order valence-corrected chi connectivity index (χ3v) is 4.15. The number of aryl methyl sites for hydroxylation is 1. The number of imidazole rings is 1. The molecule has 0 aliphatic rings. The predicted octanol–water partition coefficient (Wildman–Crippen LogP) is 3.99. The van der Waals surface area contributed by atoms with Crippen LogP contribution in [0.2, 0.25) is 0 Å². The highest BCUT2D eigenvalue weighted by molar-refractivity contribution is 5.63. The number of anilines is 1. The Morgan fingerprint density at radius 2 is 1.81 bits per heavy atom. The van der Waals surface area contributed by atoms with E-state index in [0.717, 1.165) is 11.3 Å². The maximum atomic E-state index is 14.0. The number of rotatable bonds is 4. The monoisotopic (exact) mass is 351 g/mol. The van der Waals surface area contributed by atoms with Gasteiger partial charge >= 0.3 is 0 Å². The molecule has 3 aromatic heterocycles. The van der Waals surface area contributed by atoms with E-state index in [4.69, 9.17) is 0 Å². The van der Waals surface area contributed by atoms with Crippen LogP contribution >= 0.6 is 0 Å². The van der Waals surface area contributed by atoms with Crippen molar-refractivity contribution in [2.75, 3.05) is 5.32 Å². The second kappa shape index (κ2) is 6.51. The summed E-state index contributed by atoms with van der Waals surface area (Å²) in [6, 6.07) is 10.4. The van der Waals surface area contributed by atoms with Gasteiger partial charge in [0.1, 0.15) is 5.82 Å². The number of benzene rings is 1. The fourth-order valence-corrected chi connectivity index (χ4v) is 2.70. The minimum absolute atomic E-state index is 0.126. The lowest BCUT2D eigenvalue weighted by Gasteiger charge is -2.09. The van der Waals surface area contributed by atoms with Crippen LogP contribution in [-0.4, -0.2) is 19.6 Å². The third-order valence-electron chi connectivity index (χ3n) is 4.15. The molecular weight excluding hydrogens is 336 g/mol. The average Bonchev–Trinajstić information content (AvgIpc) is 3.09. The van der Waals surface area contributed by atoms with Crippen LogP contribution in [0.1, 0.15) is 11.1 Å². The Bertz CT molecular complexity index is 1080. The minimum atomic E-state index is -0.835. The smallest absolute Gasteiger partial charge is 0.164 e. The van der Waals surface area contributed by atoms with Crippen molar-refractivity contribution in [1.29, 1.82) is 0 Å². The summed E-state index contributed by atoms with van der Waals surface area (Å²) in [7, 11) is 0. The van der Waals surface area contributed by atoms with Gasteiger partial charge in [0.15, 0.2) is 17.3 Å².